The predicted octanol–water partition coefficient (Wildman–Crippen LogP) is 4.12. The van der Waals surface area contributed by atoms with Crippen LogP contribution in [0.4, 0.5) is 5.95 Å². The topological polar surface area (TPSA) is 155 Å². The fourth-order valence-corrected chi connectivity index (χ4v) is 4.60. The van der Waals surface area contributed by atoms with Crippen LogP contribution in [-0.2, 0) is 19.0 Å². The molecular formula is C32H31N5O7. The number of esters is 2. The first-order chi connectivity index (χ1) is 21.0. The van der Waals surface area contributed by atoms with Crippen LogP contribution in [-0.4, -0.2) is 60.8 Å². The molecule has 0 spiro atoms. The summed E-state index contributed by atoms with van der Waals surface area (Å²) in [5, 5.41) is 13.1. The van der Waals surface area contributed by atoms with Crippen molar-refractivity contribution in [1.82, 2.24) is 19.5 Å². The smallest absolute Gasteiger partial charge is 0.338 e. The quantitative estimate of drug-likeness (QED) is 0.224. The maximum Gasteiger partial charge on any atom is 0.338 e. The minimum absolute atomic E-state index is 0.0216. The van der Waals surface area contributed by atoms with E-state index in [0.29, 0.717) is 11.1 Å². The highest BCUT2D eigenvalue weighted by Crippen LogP contribution is 2.41. The normalized spacial score (nSPS) is 19.5. The van der Waals surface area contributed by atoms with Gasteiger partial charge in [-0.25, -0.2) is 14.6 Å². The van der Waals surface area contributed by atoms with E-state index in [-0.39, 0.29) is 35.4 Å². The number of nitrogens with one attached hydrogen (secondary N) is 1. The summed E-state index contributed by atoms with van der Waals surface area (Å²) in [4.78, 5) is 50.9. The predicted molar refractivity (Wildman–Crippen MR) is 159 cm³/mol. The molecule has 3 atom stereocenters. The zero-order chi connectivity index (χ0) is 31.6. The number of benzene rings is 2. The van der Waals surface area contributed by atoms with Gasteiger partial charge in [-0.1, -0.05) is 55.2 Å². The number of carbonyl (C=O) groups excluding carboxylic acids is 3. The van der Waals surface area contributed by atoms with E-state index in [1.807, 2.05) is 13.8 Å². The summed E-state index contributed by atoms with van der Waals surface area (Å²) in [5.41, 5.74) is 1.05. The molecule has 5 rings (SSSR count). The summed E-state index contributed by atoms with van der Waals surface area (Å²) in [6.45, 7) is 6.77. The number of aryl methyl sites for hydroxylation is 2. The van der Waals surface area contributed by atoms with Crippen molar-refractivity contribution >= 4 is 35.0 Å². The number of imidazole rings is 1. The van der Waals surface area contributed by atoms with Crippen LogP contribution in [0.15, 0.2) is 54.9 Å². The molecule has 4 aromatic rings. The largest absolute Gasteiger partial charge is 0.492 e. The van der Waals surface area contributed by atoms with Gasteiger partial charge in [-0.05, 0) is 38.1 Å². The Morgan fingerprint density at radius 3 is 2.27 bits per heavy atom. The Morgan fingerprint density at radius 2 is 1.68 bits per heavy atom. The summed E-state index contributed by atoms with van der Waals surface area (Å²) < 4.78 is 19.3. The number of hydrogen-bond acceptors (Lipinski definition) is 10. The summed E-state index contributed by atoms with van der Waals surface area (Å²) in [6, 6.07) is 13.7. The van der Waals surface area contributed by atoms with Gasteiger partial charge in [-0.3, -0.25) is 14.7 Å². The Kier molecular flexibility index (Phi) is 8.33. The fourth-order valence-electron chi connectivity index (χ4n) is 4.60. The average molecular weight is 598 g/mol. The van der Waals surface area contributed by atoms with E-state index in [9.17, 15) is 19.5 Å². The van der Waals surface area contributed by atoms with Crippen molar-refractivity contribution in [2.75, 3.05) is 11.9 Å². The van der Waals surface area contributed by atoms with E-state index < -0.39 is 42.4 Å². The van der Waals surface area contributed by atoms with Crippen molar-refractivity contribution in [3.05, 3.63) is 77.1 Å². The standard InChI is InChI=1S/C32H31N5O7/c1-6-32(16-42-29(40)21-11-7-19(4)8-12-21)23(43-30(41)22-13-9-20(5)10-14-22)15-24(44-32)37-17-33-25-26(37)34-31(36-28(25)39)35-27(38)18(2)3/h1,7-14,17-18,23-24H,15-16H2,2-5H3,(H2,34,35,36,38,39)/t23-,24?,32+/m0/s1. The van der Waals surface area contributed by atoms with Crippen LogP contribution in [0, 0.1) is 32.1 Å². The van der Waals surface area contributed by atoms with Crippen molar-refractivity contribution in [2.24, 2.45) is 5.92 Å². The van der Waals surface area contributed by atoms with E-state index in [1.54, 1.807) is 62.4 Å². The van der Waals surface area contributed by atoms with E-state index in [1.165, 1.54) is 10.9 Å². The number of hydrogen-bond donors (Lipinski definition) is 2. The maximum absolute atomic E-state index is 13.2. The number of ether oxygens (including phenoxy) is 3. The van der Waals surface area contributed by atoms with E-state index in [0.717, 1.165) is 11.1 Å². The zero-order valence-corrected chi connectivity index (χ0v) is 24.6. The number of nitrogens with zero attached hydrogens (tertiary/aromatic N) is 4. The third-order valence-corrected chi connectivity index (χ3v) is 7.24. The third-order valence-electron chi connectivity index (χ3n) is 7.24. The van der Waals surface area contributed by atoms with E-state index >= 15 is 0 Å². The highest BCUT2D eigenvalue weighted by Gasteiger charge is 2.52. The van der Waals surface area contributed by atoms with Crippen molar-refractivity contribution in [1.29, 1.82) is 0 Å². The van der Waals surface area contributed by atoms with Crippen LogP contribution in [0.2, 0.25) is 0 Å². The molecule has 2 aromatic heterocycles. The van der Waals surface area contributed by atoms with Crippen LogP contribution >= 0.6 is 0 Å². The van der Waals surface area contributed by atoms with Gasteiger partial charge in [0.2, 0.25) is 23.3 Å². The van der Waals surface area contributed by atoms with Gasteiger partial charge in [0.1, 0.15) is 12.8 Å². The molecule has 1 saturated heterocycles. The summed E-state index contributed by atoms with van der Waals surface area (Å²) >= 11 is 0. The van der Waals surface area contributed by atoms with Crippen LogP contribution in [0.25, 0.3) is 11.2 Å². The molecule has 226 valence electrons. The molecule has 0 aliphatic carbocycles. The highest BCUT2D eigenvalue weighted by molar-refractivity contribution is 5.92. The number of aromatic hydroxyl groups is 1. The number of aromatic nitrogens is 4. The first-order valence-corrected chi connectivity index (χ1v) is 13.9. The van der Waals surface area contributed by atoms with E-state index in [4.69, 9.17) is 20.6 Å². The molecule has 0 saturated carbocycles. The lowest BCUT2D eigenvalue weighted by Gasteiger charge is -2.28. The maximum atomic E-state index is 13.2. The van der Waals surface area contributed by atoms with Crippen molar-refractivity contribution in [2.45, 2.75) is 52.0 Å². The number of anilines is 1. The number of rotatable bonds is 8. The van der Waals surface area contributed by atoms with Crippen molar-refractivity contribution in [3.8, 4) is 18.2 Å². The molecule has 1 amide bonds. The molecule has 3 heterocycles. The van der Waals surface area contributed by atoms with Gasteiger partial charge in [0.25, 0.3) is 0 Å². The lowest BCUT2D eigenvalue weighted by molar-refractivity contribution is -0.118. The van der Waals surface area contributed by atoms with Gasteiger partial charge in [-0.2, -0.15) is 9.97 Å². The molecule has 12 nitrogen and oxygen atoms in total. The van der Waals surface area contributed by atoms with Crippen LogP contribution in [0.5, 0.6) is 5.88 Å². The van der Waals surface area contributed by atoms with Crippen LogP contribution < -0.4 is 5.32 Å². The Balaban J connectivity index is 1.47. The number of fused-ring (bicyclic) bond motifs is 1. The second-order valence-corrected chi connectivity index (χ2v) is 10.9. The Labute approximate surface area is 253 Å². The van der Waals surface area contributed by atoms with Crippen LogP contribution in [0.1, 0.15) is 58.3 Å². The van der Waals surface area contributed by atoms with Crippen molar-refractivity contribution < 1.29 is 33.7 Å². The van der Waals surface area contributed by atoms with Gasteiger partial charge >= 0.3 is 11.9 Å². The molecule has 0 radical (unpaired) electrons. The van der Waals surface area contributed by atoms with E-state index in [2.05, 4.69) is 26.2 Å². The minimum atomic E-state index is -1.69. The molecule has 12 heteroatoms. The van der Waals surface area contributed by atoms with Gasteiger partial charge in [0.05, 0.1) is 17.5 Å². The molecule has 1 fully saturated rings. The molecule has 2 aromatic carbocycles. The number of terminal acetylenes is 1. The highest BCUT2D eigenvalue weighted by atomic mass is 16.6. The Hall–Kier alpha value is -5.28. The van der Waals surface area contributed by atoms with Gasteiger partial charge < -0.3 is 19.3 Å². The van der Waals surface area contributed by atoms with Gasteiger partial charge in [0, 0.05) is 12.3 Å². The Bertz CT molecular complexity index is 1760. The average Bonchev–Trinajstić information content (AvgIpc) is 3.58. The van der Waals surface area contributed by atoms with Crippen molar-refractivity contribution in [3.63, 3.8) is 0 Å². The summed E-state index contributed by atoms with van der Waals surface area (Å²) in [7, 11) is 0. The second-order valence-electron chi connectivity index (χ2n) is 10.9. The Morgan fingerprint density at radius 1 is 1.07 bits per heavy atom. The molecule has 1 aliphatic rings. The van der Waals surface area contributed by atoms with Gasteiger partial charge in [0.15, 0.2) is 17.3 Å². The fraction of sp³-hybridized carbons (Fsp3) is 0.312. The zero-order valence-electron chi connectivity index (χ0n) is 24.6. The van der Waals surface area contributed by atoms with Gasteiger partial charge in [-0.15, -0.1) is 6.42 Å². The molecule has 1 aliphatic heterocycles. The number of amides is 1. The molecule has 44 heavy (non-hydrogen) atoms. The monoisotopic (exact) mass is 597 g/mol. The lowest BCUT2D eigenvalue weighted by atomic mass is 9.98. The first kappa shape index (κ1) is 30.2. The first-order valence-electron chi connectivity index (χ1n) is 13.9. The third kappa shape index (κ3) is 6.09. The second kappa shape index (κ2) is 12.1. The molecule has 0 bridgehead atoms. The molecule has 2 N–H and O–H groups in total. The summed E-state index contributed by atoms with van der Waals surface area (Å²) in [6.07, 6.45) is 5.40. The van der Waals surface area contributed by atoms with Crippen LogP contribution in [0.3, 0.4) is 0 Å². The molecule has 1 unspecified atom stereocenters. The summed E-state index contributed by atoms with van der Waals surface area (Å²) in [5.74, 6) is -0.0101. The number of carbonyl (C=O) groups is 3. The lowest BCUT2D eigenvalue weighted by Crippen LogP contribution is -2.45. The SMILES string of the molecule is C#C[C@]1(COC(=O)c2ccc(C)cc2)OC(n2cnc3c(O)nc(NC(=O)C(C)C)nc32)C[C@@H]1OC(=O)c1ccc(C)cc1. The minimum Gasteiger partial charge on any atom is -0.492 e. The molecular weight excluding hydrogens is 566 g/mol.